The maximum atomic E-state index is 11.3. The number of benzene rings is 1. The highest BCUT2D eigenvalue weighted by molar-refractivity contribution is 5.98. The Hall–Kier alpha value is -2.57. The summed E-state index contributed by atoms with van der Waals surface area (Å²) >= 11 is 0. The number of rotatable bonds is 4. The van der Waals surface area contributed by atoms with E-state index in [2.05, 4.69) is 0 Å². The molecule has 1 aromatic rings. The summed E-state index contributed by atoms with van der Waals surface area (Å²) in [6, 6.07) is 3.49. The highest BCUT2D eigenvalue weighted by atomic mass is 16.5. The van der Waals surface area contributed by atoms with Crippen LogP contribution in [0, 0.1) is 0 Å². The lowest BCUT2D eigenvalue weighted by atomic mass is 10.1. The molecular weight excluding hydrogens is 238 g/mol. The predicted octanol–water partition coefficient (Wildman–Crippen LogP) is 0.0451. The number of hydrogen-bond acceptors (Lipinski definition) is 5. The fourth-order valence-electron chi connectivity index (χ4n) is 1.27. The van der Waals surface area contributed by atoms with Gasteiger partial charge < -0.3 is 16.2 Å². The number of carbonyl (C=O) groups is 3. The topological polar surface area (TPSA) is 125 Å². The van der Waals surface area contributed by atoms with Crippen molar-refractivity contribution in [2.45, 2.75) is 6.92 Å². The summed E-state index contributed by atoms with van der Waals surface area (Å²) in [5.41, 5.74) is 11.0. The van der Waals surface area contributed by atoms with Crippen molar-refractivity contribution in [1.82, 2.24) is 5.32 Å². The van der Waals surface area contributed by atoms with Crippen LogP contribution in [0.2, 0.25) is 0 Å². The molecule has 7 nitrogen and oxygen atoms in total. The molecular formula is C11H13N3O4. The number of nitrogen functional groups attached to an aromatic ring is 1. The van der Waals surface area contributed by atoms with Gasteiger partial charge in [0.1, 0.15) is 5.75 Å². The molecule has 1 rings (SSSR count). The zero-order chi connectivity index (χ0) is 13.7. The summed E-state index contributed by atoms with van der Waals surface area (Å²) in [5.74, 6) is -0.724. The van der Waals surface area contributed by atoms with Crippen LogP contribution in [0.5, 0.6) is 5.75 Å². The van der Waals surface area contributed by atoms with Crippen LogP contribution >= 0.6 is 0 Å². The molecule has 0 radical (unpaired) electrons. The molecule has 0 atom stereocenters. The Kier molecular flexibility index (Phi) is 4.25. The average Bonchev–Trinajstić information content (AvgIpc) is 2.26. The van der Waals surface area contributed by atoms with Crippen molar-refractivity contribution in [3.63, 3.8) is 0 Å². The number of ether oxygens (including phenoxy) is 1. The van der Waals surface area contributed by atoms with E-state index in [0.717, 1.165) is 0 Å². The molecule has 0 bridgehead atoms. The molecule has 7 heteroatoms. The molecule has 0 aliphatic rings. The average molecular weight is 251 g/mol. The summed E-state index contributed by atoms with van der Waals surface area (Å²) in [6.45, 7) is 0.929. The summed E-state index contributed by atoms with van der Waals surface area (Å²) in [7, 11) is 0. The number of amides is 3. The largest absolute Gasteiger partial charge is 0.483 e. The summed E-state index contributed by atoms with van der Waals surface area (Å²) < 4.78 is 5.12. The van der Waals surface area contributed by atoms with E-state index in [0.29, 0.717) is 5.69 Å². The van der Waals surface area contributed by atoms with Gasteiger partial charge in [0.15, 0.2) is 12.4 Å². The number of ketones is 1. The Bertz CT molecular complexity index is 499. The summed E-state index contributed by atoms with van der Waals surface area (Å²) in [5, 5.41) is 1.84. The van der Waals surface area contributed by atoms with Gasteiger partial charge >= 0.3 is 6.03 Å². The first-order valence-corrected chi connectivity index (χ1v) is 5.02. The van der Waals surface area contributed by atoms with E-state index in [9.17, 15) is 14.4 Å². The van der Waals surface area contributed by atoms with Crippen LogP contribution in [0.15, 0.2) is 18.2 Å². The van der Waals surface area contributed by atoms with Crippen LogP contribution < -0.4 is 21.5 Å². The van der Waals surface area contributed by atoms with Crippen LogP contribution in [0.3, 0.4) is 0 Å². The standard InChI is InChI=1S/C11H13N3O4/c1-6(15)8-4-7(12)2-3-9(8)18-5-10(16)14-11(13)17/h2-4H,5,12H2,1H3,(H3,13,14,16,17). The van der Waals surface area contributed by atoms with E-state index < -0.39 is 18.5 Å². The SMILES string of the molecule is CC(=O)c1cc(N)ccc1OCC(=O)NC(N)=O. The van der Waals surface area contributed by atoms with Crippen LogP contribution in [-0.2, 0) is 4.79 Å². The second-order valence-corrected chi connectivity index (χ2v) is 3.51. The van der Waals surface area contributed by atoms with Gasteiger partial charge in [-0.1, -0.05) is 0 Å². The first-order valence-electron chi connectivity index (χ1n) is 5.02. The molecule has 96 valence electrons. The van der Waals surface area contributed by atoms with E-state index in [1.165, 1.54) is 25.1 Å². The van der Waals surface area contributed by atoms with Gasteiger partial charge in [-0.3, -0.25) is 14.9 Å². The zero-order valence-electron chi connectivity index (χ0n) is 9.73. The van der Waals surface area contributed by atoms with Crippen LogP contribution in [-0.4, -0.2) is 24.3 Å². The van der Waals surface area contributed by atoms with Crippen LogP contribution in [0.4, 0.5) is 10.5 Å². The predicted molar refractivity (Wildman–Crippen MR) is 64.1 cm³/mol. The second-order valence-electron chi connectivity index (χ2n) is 3.51. The second kappa shape index (κ2) is 5.67. The molecule has 0 saturated heterocycles. The van der Waals surface area contributed by atoms with E-state index in [1.807, 2.05) is 5.32 Å². The molecule has 3 amide bonds. The maximum absolute atomic E-state index is 11.3. The fourth-order valence-corrected chi connectivity index (χ4v) is 1.27. The van der Waals surface area contributed by atoms with Gasteiger partial charge in [-0.15, -0.1) is 0 Å². The van der Waals surface area contributed by atoms with E-state index in [4.69, 9.17) is 16.2 Å². The lowest BCUT2D eigenvalue weighted by molar-refractivity contribution is -0.121. The molecule has 18 heavy (non-hydrogen) atoms. The monoisotopic (exact) mass is 251 g/mol. The molecule has 0 aromatic heterocycles. The van der Waals surface area contributed by atoms with Gasteiger partial charge in [0.05, 0.1) is 5.56 Å². The molecule has 0 saturated carbocycles. The summed E-state index contributed by atoms with van der Waals surface area (Å²) in [6.07, 6.45) is 0. The van der Waals surface area contributed by atoms with Gasteiger partial charge in [0.2, 0.25) is 0 Å². The molecule has 0 fully saturated rings. The highest BCUT2D eigenvalue weighted by Crippen LogP contribution is 2.21. The van der Waals surface area contributed by atoms with Crippen molar-refractivity contribution >= 4 is 23.4 Å². The van der Waals surface area contributed by atoms with Crippen molar-refractivity contribution in [3.05, 3.63) is 23.8 Å². The lowest BCUT2D eigenvalue weighted by Gasteiger charge is -2.09. The molecule has 0 unspecified atom stereocenters. The van der Waals surface area contributed by atoms with Crippen molar-refractivity contribution in [2.24, 2.45) is 5.73 Å². The minimum absolute atomic E-state index is 0.219. The van der Waals surface area contributed by atoms with Crippen molar-refractivity contribution in [1.29, 1.82) is 0 Å². The quantitative estimate of drug-likeness (QED) is 0.515. The Labute approximate surface area is 103 Å². The summed E-state index contributed by atoms with van der Waals surface area (Å²) in [4.78, 5) is 32.9. The van der Waals surface area contributed by atoms with Crippen molar-refractivity contribution in [2.75, 3.05) is 12.3 Å². The zero-order valence-corrected chi connectivity index (χ0v) is 9.73. The molecule has 0 aliphatic carbocycles. The molecule has 0 aliphatic heterocycles. The first-order chi connectivity index (χ1) is 8.40. The Morgan fingerprint density at radius 3 is 2.56 bits per heavy atom. The lowest BCUT2D eigenvalue weighted by Crippen LogP contribution is -2.38. The van der Waals surface area contributed by atoms with Gasteiger partial charge in [0, 0.05) is 5.69 Å². The smallest absolute Gasteiger partial charge is 0.318 e. The van der Waals surface area contributed by atoms with E-state index >= 15 is 0 Å². The van der Waals surface area contributed by atoms with Crippen LogP contribution in [0.1, 0.15) is 17.3 Å². The third-order valence-corrected chi connectivity index (χ3v) is 2.00. The number of Topliss-reactive ketones (excluding diaryl/α,β-unsaturated/α-hetero) is 1. The third kappa shape index (κ3) is 3.78. The molecule has 5 N–H and O–H groups in total. The van der Waals surface area contributed by atoms with Crippen molar-refractivity contribution < 1.29 is 19.1 Å². The number of primary amides is 1. The number of hydrogen-bond donors (Lipinski definition) is 3. The highest BCUT2D eigenvalue weighted by Gasteiger charge is 2.11. The number of nitrogens with two attached hydrogens (primary N) is 2. The molecule has 0 heterocycles. The number of urea groups is 1. The van der Waals surface area contributed by atoms with Gasteiger partial charge in [-0.05, 0) is 25.1 Å². The Balaban J connectivity index is 2.76. The minimum atomic E-state index is -0.965. The normalized spacial score (nSPS) is 9.61. The Morgan fingerprint density at radius 1 is 1.33 bits per heavy atom. The minimum Gasteiger partial charge on any atom is -0.483 e. The first kappa shape index (κ1) is 13.5. The van der Waals surface area contributed by atoms with Gasteiger partial charge in [-0.25, -0.2) is 4.79 Å². The van der Waals surface area contributed by atoms with Gasteiger partial charge in [0.25, 0.3) is 5.91 Å². The van der Waals surface area contributed by atoms with E-state index in [-0.39, 0.29) is 17.1 Å². The number of carbonyl (C=O) groups excluding carboxylic acids is 3. The maximum Gasteiger partial charge on any atom is 0.318 e. The molecule has 0 spiro atoms. The third-order valence-electron chi connectivity index (χ3n) is 2.00. The fraction of sp³-hybridized carbons (Fsp3) is 0.182. The number of nitrogens with one attached hydrogen (secondary N) is 1. The van der Waals surface area contributed by atoms with Gasteiger partial charge in [-0.2, -0.15) is 0 Å². The van der Waals surface area contributed by atoms with Crippen LogP contribution in [0.25, 0.3) is 0 Å². The molecule has 1 aromatic carbocycles. The Morgan fingerprint density at radius 2 is 2.00 bits per heavy atom. The van der Waals surface area contributed by atoms with E-state index in [1.54, 1.807) is 0 Å². The number of imide groups is 1. The number of anilines is 1. The van der Waals surface area contributed by atoms with Crippen molar-refractivity contribution in [3.8, 4) is 5.75 Å².